The standard InChI is InChI=1S/C23H29N5/c1-15(2)19-10-8-11-20(16(3)4)23(19)28-22-13-21(26-17(5)27-22)25-14-18-9-6-7-12-24-18/h6-13,15-16H,14H2,1-5H3,(H2,25,26,27,28). The average molecular weight is 376 g/mol. The summed E-state index contributed by atoms with van der Waals surface area (Å²) >= 11 is 0. The number of hydrogen-bond acceptors (Lipinski definition) is 5. The zero-order valence-corrected chi connectivity index (χ0v) is 17.3. The molecule has 28 heavy (non-hydrogen) atoms. The van der Waals surface area contributed by atoms with Crippen LogP contribution in [0.25, 0.3) is 0 Å². The predicted molar refractivity (Wildman–Crippen MR) is 116 cm³/mol. The molecule has 0 amide bonds. The van der Waals surface area contributed by atoms with Crippen LogP contribution in [-0.2, 0) is 6.54 Å². The molecule has 146 valence electrons. The summed E-state index contributed by atoms with van der Waals surface area (Å²) in [6, 6.07) is 14.4. The van der Waals surface area contributed by atoms with Gasteiger partial charge in [-0.1, -0.05) is 52.0 Å². The van der Waals surface area contributed by atoms with Gasteiger partial charge in [0.2, 0.25) is 0 Å². The molecule has 2 aromatic heterocycles. The van der Waals surface area contributed by atoms with Crippen molar-refractivity contribution < 1.29 is 0 Å². The highest BCUT2D eigenvalue weighted by Crippen LogP contribution is 2.34. The van der Waals surface area contributed by atoms with Crippen molar-refractivity contribution in [1.82, 2.24) is 15.0 Å². The number of rotatable bonds is 7. The third kappa shape index (κ3) is 4.85. The van der Waals surface area contributed by atoms with Crippen LogP contribution in [0.1, 0.15) is 62.2 Å². The van der Waals surface area contributed by atoms with Crippen molar-refractivity contribution in [1.29, 1.82) is 0 Å². The summed E-state index contributed by atoms with van der Waals surface area (Å²) in [5.41, 5.74) is 4.72. The van der Waals surface area contributed by atoms with Gasteiger partial charge in [-0.25, -0.2) is 9.97 Å². The molecule has 0 fully saturated rings. The highest BCUT2D eigenvalue weighted by molar-refractivity contribution is 5.68. The second kappa shape index (κ2) is 8.83. The molecule has 0 aliphatic carbocycles. The fourth-order valence-corrected chi connectivity index (χ4v) is 3.23. The van der Waals surface area contributed by atoms with Gasteiger partial charge in [0.15, 0.2) is 0 Å². The first kappa shape index (κ1) is 19.8. The summed E-state index contributed by atoms with van der Waals surface area (Å²) in [4.78, 5) is 13.5. The first-order valence-corrected chi connectivity index (χ1v) is 9.83. The monoisotopic (exact) mass is 375 g/mol. The molecule has 0 atom stereocenters. The van der Waals surface area contributed by atoms with E-state index in [4.69, 9.17) is 0 Å². The van der Waals surface area contributed by atoms with E-state index >= 15 is 0 Å². The second-order valence-electron chi connectivity index (χ2n) is 7.61. The largest absolute Gasteiger partial charge is 0.364 e. The lowest BCUT2D eigenvalue weighted by atomic mass is 9.92. The number of pyridine rings is 1. The normalized spacial score (nSPS) is 11.1. The van der Waals surface area contributed by atoms with Gasteiger partial charge in [-0.2, -0.15) is 0 Å². The quantitative estimate of drug-likeness (QED) is 0.548. The molecule has 3 aromatic rings. The lowest BCUT2D eigenvalue weighted by molar-refractivity contribution is 0.837. The van der Waals surface area contributed by atoms with Gasteiger partial charge in [0.25, 0.3) is 0 Å². The van der Waals surface area contributed by atoms with Crippen molar-refractivity contribution in [3.05, 3.63) is 71.3 Å². The molecule has 3 rings (SSSR count). The maximum absolute atomic E-state index is 4.61. The summed E-state index contributed by atoms with van der Waals surface area (Å²) < 4.78 is 0. The Morgan fingerprint density at radius 2 is 1.54 bits per heavy atom. The first-order chi connectivity index (χ1) is 13.4. The number of aryl methyl sites for hydroxylation is 1. The van der Waals surface area contributed by atoms with Gasteiger partial charge in [-0.05, 0) is 42.0 Å². The van der Waals surface area contributed by atoms with Crippen LogP contribution in [-0.4, -0.2) is 15.0 Å². The molecule has 0 saturated carbocycles. The summed E-state index contributed by atoms with van der Waals surface area (Å²) in [6.07, 6.45) is 1.80. The summed E-state index contributed by atoms with van der Waals surface area (Å²) in [7, 11) is 0. The van der Waals surface area contributed by atoms with E-state index in [0.717, 1.165) is 28.8 Å². The van der Waals surface area contributed by atoms with Gasteiger partial charge in [0, 0.05) is 18.0 Å². The Labute approximate surface area is 167 Å². The zero-order valence-electron chi connectivity index (χ0n) is 17.3. The Morgan fingerprint density at radius 3 is 2.14 bits per heavy atom. The molecule has 0 aliphatic heterocycles. The smallest absolute Gasteiger partial charge is 0.136 e. The van der Waals surface area contributed by atoms with E-state index in [9.17, 15) is 0 Å². The Morgan fingerprint density at radius 1 is 0.857 bits per heavy atom. The van der Waals surface area contributed by atoms with Gasteiger partial charge in [0.05, 0.1) is 12.2 Å². The van der Waals surface area contributed by atoms with Crippen molar-refractivity contribution in [2.24, 2.45) is 0 Å². The molecule has 0 bridgehead atoms. The molecule has 2 heterocycles. The van der Waals surface area contributed by atoms with E-state index in [1.54, 1.807) is 6.20 Å². The van der Waals surface area contributed by atoms with Crippen LogP contribution in [0.5, 0.6) is 0 Å². The van der Waals surface area contributed by atoms with Crippen LogP contribution in [0.3, 0.4) is 0 Å². The highest BCUT2D eigenvalue weighted by atomic mass is 15.1. The van der Waals surface area contributed by atoms with Crippen molar-refractivity contribution in [3.8, 4) is 0 Å². The molecular formula is C23H29N5. The van der Waals surface area contributed by atoms with Gasteiger partial charge in [-0.15, -0.1) is 0 Å². The van der Waals surface area contributed by atoms with Crippen LogP contribution >= 0.6 is 0 Å². The number of anilines is 3. The van der Waals surface area contributed by atoms with Gasteiger partial charge >= 0.3 is 0 Å². The first-order valence-electron chi connectivity index (χ1n) is 9.83. The van der Waals surface area contributed by atoms with Crippen molar-refractivity contribution in [3.63, 3.8) is 0 Å². The third-order valence-corrected chi connectivity index (χ3v) is 4.64. The maximum Gasteiger partial charge on any atom is 0.136 e. The van der Waals surface area contributed by atoms with Crippen molar-refractivity contribution in [2.45, 2.75) is 53.0 Å². The molecule has 0 unspecified atom stereocenters. The number of hydrogen-bond donors (Lipinski definition) is 2. The van der Waals surface area contributed by atoms with Crippen molar-refractivity contribution >= 4 is 17.3 Å². The minimum Gasteiger partial charge on any atom is -0.364 e. The molecular weight excluding hydrogens is 346 g/mol. The lowest BCUT2D eigenvalue weighted by Gasteiger charge is -2.21. The minimum atomic E-state index is 0.422. The van der Waals surface area contributed by atoms with E-state index in [1.807, 2.05) is 31.2 Å². The van der Waals surface area contributed by atoms with E-state index in [2.05, 4.69) is 71.5 Å². The Balaban J connectivity index is 1.88. The van der Waals surface area contributed by atoms with E-state index < -0.39 is 0 Å². The van der Waals surface area contributed by atoms with E-state index in [1.165, 1.54) is 11.1 Å². The topological polar surface area (TPSA) is 62.7 Å². The summed E-state index contributed by atoms with van der Waals surface area (Å²) in [5, 5.41) is 6.93. The van der Waals surface area contributed by atoms with E-state index in [0.29, 0.717) is 18.4 Å². The third-order valence-electron chi connectivity index (χ3n) is 4.64. The van der Waals surface area contributed by atoms with Crippen molar-refractivity contribution in [2.75, 3.05) is 10.6 Å². The van der Waals surface area contributed by atoms with Crippen LogP contribution < -0.4 is 10.6 Å². The van der Waals surface area contributed by atoms with E-state index in [-0.39, 0.29) is 0 Å². The lowest BCUT2D eigenvalue weighted by Crippen LogP contribution is -2.08. The van der Waals surface area contributed by atoms with Crippen LogP contribution in [0.4, 0.5) is 17.3 Å². The maximum atomic E-state index is 4.61. The molecule has 2 N–H and O–H groups in total. The fraction of sp³-hybridized carbons (Fsp3) is 0.348. The number of nitrogens with zero attached hydrogens (tertiary/aromatic N) is 3. The minimum absolute atomic E-state index is 0.422. The Hall–Kier alpha value is -2.95. The molecule has 0 aliphatic rings. The second-order valence-corrected chi connectivity index (χ2v) is 7.61. The highest BCUT2D eigenvalue weighted by Gasteiger charge is 2.15. The van der Waals surface area contributed by atoms with Crippen LogP contribution in [0.2, 0.25) is 0 Å². The SMILES string of the molecule is Cc1nc(NCc2ccccn2)cc(Nc2c(C(C)C)cccc2C(C)C)n1. The molecule has 0 saturated heterocycles. The zero-order chi connectivity index (χ0) is 20.1. The number of para-hydroxylation sites is 1. The van der Waals surface area contributed by atoms with Gasteiger partial charge in [-0.3, -0.25) is 4.98 Å². The summed E-state index contributed by atoms with van der Waals surface area (Å²) in [5.74, 6) is 3.15. The Bertz CT molecular complexity index is 893. The average Bonchev–Trinajstić information content (AvgIpc) is 2.66. The van der Waals surface area contributed by atoms with Gasteiger partial charge < -0.3 is 10.6 Å². The molecule has 0 radical (unpaired) electrons. The number of nitrogens with one attached hydrogen (secondary N) is 2. The fourth-order valence-electron chi connectivity index (χ4n) is 3.23. The molecule has 1 aromatic carbocycles. The van der Waals surface area contributed by atoms with Crippen LogP contribution in [0.15, 0.2) is 48.7 Å². The molecule has 0 spiro atoms. The predicted octanol–water partition coefficient (Wildman–Crippen LogP) is 5.78. The molecule has 5 nitrogen and oxygen atoms in total. The Kier molecular flexibility index (Phi) is 6.24. The molecule has 5 heteroatoms. The number of benzene rings is 1. The number of aromatic nitrogens is 3. The summed E-state index contributed by atoms with van der Waals surface area (Å²) in [6.45, 7) is 11.4. The van der Waals surface area contributed by atoms with Crippen LogP contribution in [0, 0.1) is 6.92 Å². The van der Waals surface area contributed by atoms with Gasteiger partial charge in [0.1, 0.15) is 17.5 Å².